The standard InChI is InChI=1S/C2H9BO6P2/c1-3-2(10(4,5)6)11(7,8)9/h2-3H,1H3,(H2,4,5,6)(H2,7,8,9). The lowest BCUT2D eigenvalue weighted by Gasteiger charge is -2.16. The Morgan fingerprint density at radius 2 is 1.36 bits per heavy atom. The fourth-order valence-electron chi connectivity index (χ4n) is 0.672. The third kappa shape index (κ3) is 3.51. The molecular weight excluding hydrogens is 193 g/mol. The van der Waals surface area contributed by atoms with Crippen LogP contribution in [0.5, 0.6) is 0 Å². The number of hydrogen-bond acceptors (Lipinski definition) is 2. The zero-order valence-corrected chi connectivity index (χ0v) is 7.57. The summed E-state index contributed by atoms with van der Waals surface area (Å²) in [6, 6.07) is 0. The van der Waals surface area contributed by atoms with Crippen LogP contribution in [0.1, 0.15) is 0 Å². The van der Waals surface area contributed by atoms with Gasteiger partial charge in [-0.1, -0.05) is 6.82 Å². The molecule has 0 saturated heterocycles. The Hall–Kier alpha value is 0.365. The van der Waals surface area contributed by atoms with Gasteiger partial charge in [0.25, 0.3) is 0 Å². The summed E-state index contributed by atoms with van der Waals surface area (Å²) in [6.45, 7) is 1.31. The predicted octanol–water partition coefficient (Wildman–Crippen LogP) is -0.890. The van der Waals surface area contributed by atoms with Crippen molar-refractivity contribution in [2.75, 3.05) is 0 Å². The Bertz CT molecular complexity index is 193. The summed E-state index contributed by atoms with van der Waals surface area (Å²) in [5, 5.41) is -1.85. The summed E-state index contributed by atoms with van der Waals surface area (Å²) in [6.07, 6.45) is 0. The van der Waals surface area contributed by atoms with Gasteiger partial charge in [-0.15, -0.1) is 0 Å². The molecule has 0 rings (SSSR count). The summed E-state index contributed by atoms with van der Waals surface area (Å²) in [4.78, 5) is 33.7. The van der Waals surface area contributed by atoms with E-state index < -0.39 is 20.5 Å². The van der Waals surface area contributed by atoms with Gasteiger partial charge in [0.05, 0.1) is 0 Å². The SMILES string of the molecule is CBC(P(=O)(O)O)P(=O)(O)O. The first-order chi connectivity index (χ1) is 4.69. The molecule has 0 aromatic carbocycles. The van der Waals surface area contributed by atoms with E-state index in [0.717, 1.165) is 0 Å². The molecule has 0 aliphatic rings. The fourth-order valence-corrected chi connectivity index (χ4v) is 3.19. The van der Waals surface area contributed by atoms with Crippen molar-refractivity contribution in [1.29, 1.82) is 0 Å². The summed E-state index contributed by atoms with van der Waals surface area (Å²) in [7, 11) is -9.56. The average molecular weight is 202 g/mol. The largest absolute Gasteiger partial charge is 0.332 e. The van der Waals surface area contributed by atoms with Crippen molar-refractivity contribution in [3.63, 3.8) is 0 Å². The second-order valence-electron chi connectivity index (χ2n) is 2.07. The van der Waals surface area contributed by atoms with E-state index >= 15 is 0 Å². The molecule has 0 unspecified atom stereocenters. The Labute approximate surface area is 64.2 Å². The summed E-state index contributed by atoms with van der Waals surface area (Å²) in [5.41, 5.74) is 0. The molecule has 6 nitrogen and oxygen atoms in total. The molecule has 0 spiro atoms. The van der Waals surface area contributed by atoms with E-state index in [1.165, 1.54) is 6.82 Å². The van der Waals surface area contributed by atoms with Crippen molar-refractivity contribution in [3.05, 3.63) is 0 Å². The number of hydrogen-bond donors (Lipinski definition) is 4. The van der Waals surface area contributed by atoms with Crippen LogP contribution in [-0.2, 0) is 9.13 Å². The van der Waals surface area contributed by atoms with Gasteiger partial charge in [0.15, 0.2) is 7.28 Å². The van der Waals surface area contributed by atoms with E-state index in [4.69, 9.17) is 19.6 Å². The van der Waals surface area contributed by atoms with Gasteiger partial charge in [-0.25, -0.2) is 0 Å². The maximum absolute atomic E-state index is 10.4. The molecule has 11 heavy (non-hydrogen) atoms. The second-order valence-corrected chi connectivity index (χ2v) is 6.08. The van der Waals surface area contributed by atoms with Gasteiger partial charge in [0.2, 0.25) is 0 Å². The molecule has 0 bridgehead atoms. The highest BCUT2D eigenvalue weighted by atomic mass is 31.2. The summed E-state index contributed by atoms with van der Waals surface area (Å²) in [5.74, 6) is 0. The molecule has 0 aromatic rings. The Kier molecular flexibility index (Phi) is 3.51. The lowest BCUT2D eigenvalue weighted by atomic mass is 9.86. The van der Waals surface area contributed by atoms with E-state index in [9.17, 15) is 9.13 Å². The lowest BCUT2D eigenvalue weighted by molar-refractivity contribution is 0.351. The highest BCUT2D eigenvalue weighted by Gasteiger charge is 2.41. The van der Waals surface area contributed by atoms with Gasteiger partial charge in [-0.2, -0.15) is 0 Å². The topological polar surface area (TPSA) is 115 Å². The van der Waals surface area contributed by atoms with Crippen LogP contribution in [0, 0.1) is 0 Å². The minimum atomic E-state index is -4.66. The summed E-state index contributed by atoms with van der Waals surface area (Å²) >= 11 is 0. The van der Waals surface area contributed by atoms with Crippen molar-refractivity contribution in [2.24, 2.45) is 0 Å². The van der Waals surface area contributed by atoms with Crippen molar-refractivity contribution < 1.29 is 28.7 Å². The van der Waals surface area contributed by atoms with Crippen LogP contribution in [-0.4, -0.2) is 32.2 Å². The van der Waals surface area contributed by atoms with E-state index in [-0.39, 0.29) is 7.28 Å². The molecule has 0 aliphatic carbocycles. The van der Waals surface area contributed by atoms with Gasteiger partial charge in [-0.05, 0) is 0 Å². The van der Waals surface area contributed by atoms with E-state index in [2.05, 4.69) is 0 Å². The maximum Gasteiger partial charge on any atom is 0.332 e. The Morgan fingerprint density at radius 1 is 1.09 bits per heavy atom. The Balaban J connectivity index is 4.72. The zero-order valence-electron chi connectivity index (χ0n) is 5.78. The molecule has 0 amide bonds. The molecule has 0 aromatic heterocycles. The van der Waals surface area contributed by atoms with E-state index in [0.29, 0.717) is 0 Å². The molecular formula is C2H9BO6P2. The van der Waals surface area contributed by atoms with Crippen molar-refractivity contribution in [1.82, 2.24) is 0 Å². The average Bonchev–Trinajstić information content (AvgIpc) is 1.56. The third-order valence-corrected chi connectivity index (χ3v) is 5.23. The molecule has 0 fully saturated rings. The highest BCUT2D eigenvalue weighted by Crippen LogP contribution is 2.58. The fraction of sp³-hybridized carbons (Fsp3) is 1.00. The predicted molar refractivity (Wildman–Crippen MR) is 40.9 cm³/mol. The van der Waals surface area contributed by atoms with Crippen LogP contribution >= 0.6 is 15.2 Å². The van der Waals surface area contributed by atoms with Crippen LogP contribution in [0.3, 0.4) is 0 Å². The quantitative estimate of drug-likeness (QED) is 0.348. The molecule has 0 aliphatic heterocycles. The van der Waals surface area contributed by atoms with Gasteiger partial charge in [0, 0.05) is 0 Å². The van der Waals surface area contributed by atoms with Crippen molar-refractivity contribution >= 4 is 22.5 Å². The first-order valence-electron chi connectivity index (χ1n) is 2.80. The monoisotopic (exact) mass is 202 g/mol. The minimum absolute atomic E-state index is 0.242. The zero-order chi connectivity index (χ0) is 9.28. The van der Waals surface area contributed by atoms with Gasteiger partial charge in [-0.3, -0.25) is 9.13 Å². The molecule has 0 atom stereocenters. The lowest BCUT2D eigenvalue weighted by Crippen LogP contribution is -2.14. The van der Waals surface area contributed by atoms with Crippen LogP contribution in [0.15, 0.2) is 0 Å². The maximum atomic E-state index is 10.4. The van der Waals surface area contributed by atoms with E-state index in [1.807, 2.05) is 0 Å². The second kappa shape index (κ2) is 3.39. The van der Waals surface area contributed by atoms with Gasteiger partial charge >= 0.3 is 15.2 Å². The highest BCUT2D eigenvalue weighted by molar-refractivity contribution is 7.73. The molecule has 9 heteroatoms. The number of rotatable bonds is 3. The summed E-state index contributed by atoms with van der Waals surface area (Å²) < 4.78 is 20.8. The molecule has 0 radical (unpaired) electrons. The van der Waals surface area contributed by atoms with Crippen LogP contribution in [0.25, 0.3) is 0 Å². The van der Waals surface area contributed by atoms with Gasteiger partial charge < -0.3 is 19.6 Å². The molecule has 66 valence electrons. The molecule has 4 N–H and O–H groups in total. The first-order valence-corrected chi connectivity index (χ1v) is 6.16. The minimum Gasteiger partial charge on any atom is -0.324 e. The third-order valence-electron chi connectivity index (χ3n) is 1.14. The normalized spacial score (nSPS) is 13.6. The Morgan fingerprint density at radius 3 is 1.36 bits per heavy atom. The smallest absolute Gasteiger partial charge is 0.324 e. The van der Waals surface area contributed by atoms with Gasteiger partial charge in [0.1, 0.15) is 5.30 Å². The van der Waals surface area contributed by atoms with Crippen molar-refractivity contribution in [3.8, 4) is 0 Å². The van der Waals surface area contributed by atoms with Crippen LogP contribution < -0.4 is 0 Å². The van der Waals surface area contributed by atoms with Crippen LogP contribution in [0.4, 0.5) is 0 Å². The van der Waals surface area contributed by atoms with Crippen molar-refractivity contribution in [2.45, 2.75) is 12.1 Å². The molecule has 0 saturated carbocycles. The first kappa shape index (κ1) is 11.4. The molecule has 0 heterocycles. The van der Waals surface area contributed by atoms with E-state index in [1.54, 1.807) is 0 Å². The van der Waals surface area contributed by atoms with Crippen LogP contribution in [0.2, 0.25) is 6.82 Å².